The highest BCUT2D eigenvalue weighted by molar-refractivity contribution is 5.76. The second-order valence-corrected chi connectivity index (χ2v) is 4.22. The van der Waals surface area contributed by atoms with Crippen LogP contribution in [0.25, 0.3) is 0 Å². The van der Waals surface area contributed by atoms with Crippen LogP contribution in [-0.2, 0) is 11.2 Å². The van der Waals surface area contributed by atoms with Gasteiger partial charge in [0.1, 0.15) is 0 Å². The summed E-state index contributed by atoms with van der Waals surface area (Å²) in [6.07, 6.45) is 4.52. The number of carboxylic acid groups (broad SMARTS) is 1. The normalized spacial score (nSPS) is 12.4. The molecule has 0 saturated heterocycles. The lowest BCUT2D eigenvalue weighted by molar-refractivity contribution is -0.138. The number of carbonyl (C=O) groups is 1. The fraction of sp³-hybridized carbons (Fsp3) is 0.500. The highest BCUT2D eigenvalue weighted by atomic mass is 16.4. The highest BCUT2D eigenvalue weighted by Crippen LogP contribution is 2.21. The largest absolute Gasteiger partial charge is 0.481 e. The lowest BCUT2D eigenvalue weighted by atomic mass is 9.93. The molecule has 88 valence electrons. The smallest absolute Gasteiger partial charge is 0.310 e. The van der Waals surface area contributed by atoms with Crippen LogP contribution < -0.4 is 0 Å². The van der Waals surface area contributed by atoms with Crippen molar-refractivity contribution in [3.8, 4) is 0 Å². The standard InChI is InChI=1S/C14H20O2/c1-3-4-5-8-12-9-6-7-10-13(12)11(2)14(15)16/h6-7,9-11H,3-5,8H2,1-2H3,(H,15,16). The molecule has 2 nitrogen and oxygen atoms in total. The SMILES string of the molecule is CCCCCc1ccccc1C(C)C(=O)O. The number of benzene rings is 1. The van der Waals surface area contributed by atoms with Gasteiger partial charge >= 0.3 is 5.97 Å². The summed E-state index contributed by atoms with van der Waals surface area (Å²) in [6.45, 7) is 3.92. The van der Waals surface area contributed by atoms with Crippen LogP contribution in [0.5, 0.6) is 0 Å². The molecule has 0 aromatic heterocycles. The molecule has 0 spiro atoms. The molecule has 0 heterocycles. The highest BCUT2D eigenvalue weighted by Gasteiger charge is 2.16. The zero-order valence-corrected chi connectivity index (χ0v) is 10.1. The van der Waals surface area contributed by atoms with Gasteiger partial charge in [0.05, 0.1) is 5.92 Å². The number of hydrogen-bond acceptors (Lipinski definition) is 1. The quantitative estimate of drug-likeness (QED) is 0.744. The Kier molecular flexibility index (Phi) is 5.03. The molecule has 0 aliphatic heterocycles. The van der Waals surface area contributed by atoms with E-state index in [1.54, 1.807) is 6.92 Å². The Morgan fingerprint density at radius 3 is 2.62 bits per heavy atom. The van der Waals surface area contributed by atoms with E-state index in [4.69, 9.17) is 5.11 Å². The first-order valence-electron chi connectivity index (χ1n) is 5.97. The minimum absolute atomic E-state index is 0.405. The van der Waals surface area contributed by atoms with Crippen LogP contribution in [0.1, 0.15) is 50.2 Å². The van der Waals surface area contributed by atoms with Crippen molar-refractivity contribution in [2.45, 2.75) is 45.4 Å². The Morgan fingerprint density at radius 1 is 1.31 bits per heavy atom. The molecule has 1 N–H and O–H groups in total. The maximum Gasteiger partial charge on any atom is 0.310 e. The molecule has 16 heavy (non-hydrogen) atoms. The third-order valence-electron chi connectivity index (χ3n) is 2.94. The van der Waals surface area contributed by atoms with Crippen LogP contribution in [0.4, 0.5) is 0 Å². The molecule has 0 aliphatic rings. The summed E-state index contributed by atoms with van der Waals surface area (Å²) in [5.74, 6) is -1.15. The molecule has 0 saturated carbocycles. The van der Waals surface area contributed by atoms with Crippen molar-refractivity contribution in [1.29, 1.82) is 0 Å². The number of carboxylic acids is 1. The summed E-state index contributed by atoms with van der Waals surface area (Å²) < 4.78 is 0. The molecule has 0 amide bonds. The summed E-state index contributed by atoms with van der Waals surface area (Å²) in [4.78, 5) is 11.0. The van der Waals surface area contributed by atoms with Crippen molar-refractivity contribution >= 4 is 5.97 Å². The summed E-state index contributed by atoms with van der Waals surface area (Å²) in [5, 5.41) is 9.03. The minimum Gasteiger partial charge on any atom is -0.481 e. The van der Waals surface area contributed by atoms with Crippen LogP contribution in [0.3, 0.4) is 0 Å². The third kappa shape index (κ3) is 3.37. The maximum absolute atomic E-state index is 11.0. The van der Waals surface area contributed by atoms with Crippen LogP contribution in [0.2, 0.25) is 0 Å². The van der Waals surface area contributed by atoms with E-state index in [1.165, 1.54) is 18.4 Å². The van der Waals surface area contributed by atoms with E-state index < -0.39 is 11.9 Å². The van der Waals surface area contributed by atoms with E-state index in [1.807, 2.05) is 24.3 Å². The van der Waals surface area contributed by atoms with Gasteiger partial charge in [-0.1, -0.05) is 44.0 Å². The van der Waals surface area contributed by atoms with Gasteiger partial charge in [-0.25, -0.2) is 0 Å². The predicted octanol–water partition coefficient (Wildman–Crippen LogP) is 3.61. The Morgan fingerprint density at radius 2 is 2.00 bits per heavy atom. The van der Waals surface area contributed by atoms with Crippen molar-refractivity contribution in [3.63, 3.8) is 0 Å². The van der Waals surface area contributed by atoms with Crippen LogP contribution in [0, 0.1) is 0 Å². The molecular weight excluding hydrogens is 200 g/mol. The molecule has 2 heteroatoms. The molecule has 1 aromatic rings. The topological polar surface area (TPSA) is 37.3 Å². The van der Waals surface area contributed by atoms with Gasteiger partial charge in [-0.3, -0.25) is 4.79 Å². The van der Waals surface area contributed by atoms with E-state index in [2.05, 4.69) is 6.92 Å². The Bertz CT molecular complexity index is 344. The Balaban J connectivity index is 2.79. The predicted molar refractivity (Wildman–Crippen MR) is 65.7 cm³/mol. The van der Waals surface area contributed by atoms with Crippen molar-refractivity contribution < 1.29 is 9.90 Å². The number of aryl methyl sites for hydroxylation is 1. The van der Waals surface area contributed by atoms with Gasteiger partial charge in [-0.05, 0) is 30.9 Å². The average Bonchev–Trinajstić information content (AvgIpc) is 2.29. The maximum atomic E-state index is 11.0. The molecular formula is C14H20O2. The summed E-state index contributed by atoms with van der Waals surface area (Å²) in [5.41, 5.74) is 2.15. The zero-order valence-electron chi connectivity index (χ0n) is 10.1. The monoisotopic (exact) mass is 220 g/mol. The summed E-state index contributed by atoms with van der Waals surface area (Å²) in [6, 6.07) is 7.88. The average molecular weight is 220 g/mol. The lowest BCUT2D eigenvalue weighted by Crippen LogP contribution is -2.09. The van der Waals surface area contributed by atoms with Crippen LogP contribution >= 0.6 is 0 Å². The van der Waals surface area contributed by atoms with Gasteiger partial charge in [-0.15, -0.1) is 0 Å². The number of rotatable bonds is 6. The van der Waals surface area contributed by atoms with E-state index in [-0.39, 0.29) is 0 Å². The van der Waals surface area contributed by atoms with E-state index in [0.29, 0.717) is 0 Å². The van der Waals surface area contributed by atoms with Gasteiger partial charge in [0.15, 0.2) is 0 Å². The van der Waals surface area contributed by atoms with Crippen molar-refractivity contribution in [2.24, 2.45) is 0 Å². The van der Waals surface area contributed by atoms with E-state index in [0.717, 1.165) is 18.4 Å². The zero-order chi connectivity index (χ0) is 12.0. The van der Waals surface area contributed by atoms with Gasteiger partial charge < -0.3 is 5.11 Å². The first kappa shape index (κ1) is 12.8. The molecule has 0 fully saturated rings. The summed E-state index contributed by atoms with van der Waals surface area (Å²) in [7, 11) is 0. The Hall–Kier alpha value is -1.31. The molecule has 0 bridgehead atoms. The first-order chi connectivity index (χ1) is 7.66. The Labute approximate surface area is 97.3 Å². The molecule has 1 aromatic carbocycles. The second kappa shape index (κ2) is 6.31. The third-order valence-corrected chi connectivity index (χ3v) is 2.94. The second-order valence-electron chi connectivity index (χ2n) is 4.22. The van der Waals surface area contributed by atoms with E-state index in [9.17, 15) is 4.79 Å². The van der Waals surface area contributed by atoms with Gasteiger partial charge in [0, 0.05) is 0 Å². The van der Waals surface area contributed by atoms with Crippen LogP contribution in [0.15, 0.2) is 24.3 Å². The van der Waals surface area contributed by atoms with Gasteiger partial charge in [-0.2, -0.15) is 0 Å². The number of hydrogen-bond donors (Lipinski definition) is 1. The van der Waals surface area contributed by atoms with Crippen molar-refractivity contribution in [1.82, 2.24) is 0 Å². The number of unbranched alkanes of at least 4 members (excludes halogenated alkanes) is 2. The van der Waals surface area contributed by atoms with Crippen molar-refractivity contribution in [3.05, 3.63) is 35.4 Å². The number of aliphatic carboxylic acids is 1. The molecule has 0 radical (unpaired) electrons. The van der Waals surface area contributed by atoms with E-state index >= 15 is 0 Å². The minimum atomic E-state index is -0.747. The van der Waals surface area contributed by atoms with Crippen molar-refractivity contribution in [2.75, 3.05) is 0 Å². The molecule has 1 rings (SSSR count). The fourth-order valence-electron chi connectivity index (χ4n) is 1.88. The van der Waals surface area contributed by atoms with Gasteiger partial charge in [0.25, 0.3) is 0 Å². The fourth-order valence-corrected chi connectivity index (χ4v) is 1.88. The molecule has 0 aliphatic carbocycles. The van der Waals surface area contributed by atoms with Gasteiger partial charge in [0.2, 0.25) is 0 Å². The lowest BCUT2D eigenvalue weighted by Gasteiger charge is -2.12. The summed E-state index contributed by atoms with van der Waals surface area (Å²) >= 11 is 0. The first-order valence-corrected chi connectivity index (χ1v) is 5.97. The van der Waals surface area contributed by atoms with Crippen LogP contribution in [-0.4, -0.2) is 11.1 Å². The molecule has 1 atom stereocenters. The molecule has 1 unspecified atom stereocenters.